The van der Waals surface area contributed by atoms with Crippen LogP contribution in [0.5, 0.6) is 0 Å². The molecule has 0 aromatic heterocycles. The molecule has 0 spiro atoms. The highest BCUT2D eigenvalue weighted by Gasteiger charge is 2.43. The van der Waals surface area contributed by atoms with Gasteiger partial charge in [-0.25, -0.2) is 8.42 Å². The minimum Gasteiger partial charge on any atom is -0.385 e. The van der Waals surface area contributed by atoms with Crippen molar-refractivity contribution in [3.05, 3.63) is 34.9 Å². The van der Waals surface area contributed by atoms with Crippen molar-refractivity contribution in [3.8, 4) is 0 Å². The van der Waals surface area contributed by atoms with Gasteiger partial charge in [-0.1, -0.05) is 55.6 Å². The average Bonchev–Trinajstić information content (AvgIpc) is 2.16. The lowest BCUT2D eigenvalue weighted by Crippen LogP contribution is -2.31. The second-order valence-electron chi connectivity index (χ2n) is 3.29. The second kappa shape index (κ2) is 4.94. The van der Waals surface area contributed by atoms with Crippen molar-refractivity contribution in [2.24, 2.45) is 0 Å². The molecule has 0 aliphatic heterocycles. The summed E-state index contributed by atoms with van der Waals surface area (Å²) in [5.41, 5.74) is 0.448. The van der Waals surface area contributed by atoms with Crippen LogP contribution in [0.1, 0.15) is 11.7 Å². The number of aliphatic hydroxyl groups is 1. The van der Waals surface area contributed by atoms with Crippen LogP contribution in [0.4, 0.5) is 0 Å². The Labute approximate surface area is 116 Å². The summed E-state index contributed by atoms with van der Waals surface area (Å²) in [6, 6.07) is 6.29. The third-order valence-corrected chi connectivity index (χ3v) is 7.86. The van der Waals surface area contributed by atoms with E-state index in [2.05, 4.69) is 31.9 Å². The molecule has 0 saturated carbocycles. The van der Waals surface area contributed by atoms with Crippen LogP contribution in [0, 0.1) is 0 Å². The molecule has 0 fully saturated rings. The van der Waals surface area contributed by atoms with E-state index in [0.29, 0.717) is 10.6 Å². The highest BCUT2D eigenvalue weighted by Crippen LogP contribution is 2.43. The lowest BCUT2D eigenvalue weighted by atomic mass is 10.1. The van der Waals surface area contributed by atoms with E-state index in [1.54, 1.807) is 24.3 Å². The van der Waals surface area contributed by atoms with Crippen LogP contribution in [0.15, 0.2) is 24.3 Å². The van der Waals surface area contributed by atoms with Crippen LogP contribution < -0.4 is 0 Å². The van der Waals surface area contributed by atoms with Gasteiger partial charge < -0.3 is 5.11 Å². The Morgan fingerprint density at radius 2 is 1.75 bits per heavy atom. The predicted octanol–water partition coefficient (Wildman–Crippen LogP) is 2.86. The number of benzene rings is 1. The quantitative estimate of drug-likeness (QED) is 0.805. The molecule has 0 saturated heterocycles. The molecule has 0 heterocycles. The van der Waals surface area contributed by atoms with Crippen molar-refractivity contribution in [3.63, 3.8) is 0 Å². The Balaban J connectivity index is 3.12. The molecule has 1 aromatic carbocycles. The van der Waals surface area contributed by atoms with Gasteiger partial charge in [0.25, 0.3) is 0 Å². The van der Waals surface area contributed by atoms with E-state index in [-0.39, 0.29) is 0 Å². The van der Waals surface area contributed by atoms with E-state index < -0.39 is 18.5 Å². The van der Waals surface area contributed by atoms with Gasteiger partial charge in [0.05, 0.1) is 0 Å². The van der Waals surface area contributed by atoms with Gasteiger partial charge in [-0.2, -0.15) is 0 Å². The molecule has 16 heavy (non-hydrogen) atoms. The zero-order chi connectivity index (χ0) is 12.6. The lowest BCUT2D eigenvalue weighted by Gasteiger charge is -2.24. The summed E-state index contributed by atoms with van der Waals surface area (Å²) in [5.74, 6) is 0. The molecule has 1 atom stereocenters. The van der Waals surface area contributed by atoms with Crippen molar-refractivity contribution in [1.29, 1.82) is 0 Å². The molecular weight excluding hydrogens is 383 g/mol. The fourth-order valence-corrected chi connectivity index (χ4v) is 2.24. The second-order valence-corrected chi connectivity index (χ2v) is 10.5. The van der Waals surface area contributed by atoms with Crippen molar-refractivity contribution in [2.45, 2.75) is 8.67 Å². The summed E-state index contributed by atoms with van der Waals surface area (Å²) in [6.07, 6.45) is -0.213. The molecule has 0 aliphatic carbocycles. The Kier molecular flexibility index (Phi) is 4.46. The SMILES string of the molecule is CS(=O)(=O)C(Br)(Br)[C@H](O)c1ccc(Cl)cc1. The summed E-state index contributed by atoms with van der Waals surface area (Å²) in [6.45, 7) is 0. The predicted molar refractivity (Wildman–Crippen MR) is 71.8 cm³/mol. The highest BCUT2D eigenvalue weighted by atomic mass is 79.9. The number of alkyl halides is 2. The average molecular weight is 392 g/mol. The maximum Gasteiger partial charge on any atom is 0.210 e. The van der Waals surface area contributed by atoms with Gasteiger partial charge in [0.15, 0.2) is 9.84 Å². The van der Waals surface area contributed by atoms with Crippen molar-refractivity contribution in [2.75, 3.05) is 6.26 Å². The molecule has 0 aliphatic rings. The molecule has 90 valence electrons. The van der Waals surface area contributed by atoms with Crippen LogP contribution in [-0.4, -0.2) is 22.3 Å². The molecule has 7 heteroatoms. The van der Waals surface area contributed by atoms with E-state index >= 15 is 0 Å². The normalized spacial score (nSPS) is 14.8. The molecule has 0 radical (unpaired) electrons. The van der Waals surface area contributed by atoms with Gasteiger partial charge in [0.1, 0.15) is 6.10 Å². The van der Waals surface area contributed by atoms with Gasteiger partial charge >= 0.3 is 0 Å². The van der Waals surface area contributed by atoms with Crippen LogP contribution in [0.2, 0.25) is 5.02 Å². The largest absolute Gasteiger partial charge is 0.385 e. The molecule has 1 aromatic rings. The minimum atomic E-state index is -3.51. The Morgan fingerprint density at radius 3 is 2.12 bits per heavy atom. The third-order valence-electron chi connectivity index (χ3n) is 2.00. The number of aliphatic hydroxyl groups excluding tert-OH is 1. The fourth-order valence-electron chi connectivity index (χ4n) is 1.04. The minimum absolute atomic E-state index is 0.448. The number of hydrogen-bond donors (Lipinski definition) is 1. The number of sulfone groups is 1. The smallest absolute Gasteiger partial charge is 0.210 e. The molecule has 0 bridgehead atoms. The summed E-state index contributed by atoms with van der Waals surface area (Å²) >= 11 is 11.6. The van der Waals surface area contributed by atoms with Gasteiger partial charge in [0, 0.05) is 11.3 Å². The van der Waals surface area contributed by atoms with E-state index in [9.17, 15) is 13.5 Å². The molecular formula is C9H9Br2ClO3S. The van der Waals surface area contributed by atoms with Gasteiger partial charge in [-0.05, 0) is 17.7 Å². The third kappa shape index (κ3) is 2.98. The first-order valence-electron chi connectivity index (χ1n) is 4.17. The first kappa shape index (κ1) is 14.4. The van der Waals surface area contributed by atoms with Crippen molar-refractivity contribution >= 4 is 53.3 Å². The first-order valence-corrected chi connectivity index (χ1v) is 8.02. The molecule has 0 amide bonds. The zero-order valence-electron chi connectivity index (χ0n) is 8.19. The summed E-state index contributed by atoms with van der Waals surface area (Å²) in [5, 5.41) is 10.5. The van der Waals surface area contributed by atoms with Gasteiger partial charge in [0.2, 0.25) is 2.57 Å². The zero-order valence-corrected chi connectivity index (χ0v) is 12.9. The molecule has 0 unspecified atom stereocenters. The first-order chi connectivity index (χ1) is 7.16. The van der Waals surface area contributed by atoms with Crippen LogP contribution in [0.25, 0.3) is 0 Å². The maximum absolute atomic E-state index is 11.5. The van der Waals surface area contributed by atoms with Gasteiger partial charge in [-0.3, -0.25) is 0 Å². The molecule has 1 N–H and O–H groups in total. The Hall–Kier alpha value is 0.380. The van der Waals surface area contributed by atoms with Crippen molar-refractivity contribution in [1.82, 2.24) is 0 Å². The number of hydrogen-bond acceptors (Lipinski definition) is 3. The number of rotatable bonds is 3. The number of halogens is 3. The van der Waals surface area contributed by atoms with Crippen LogP contribution in [-0.2, 0) is 9.84 Å². The van der Waals surface area contributed by atoms with Crippen LogP contribution >= 0.6 is 43.5 Å². The lowest BCUT2D eigenvalue weighted by molar-refractivity contribution is 0.189. The molecule has 3 nitrogen and oxygen atoms in total. The van der Waals surface area contributed by atoms with E-state index in [4.69, 9.17) is 11.6 Å². The van der Waals surface area contributed by atoms with E-state index in [1.807, 2.05) is 0 Å². The van der Waals surface area contributed by atoms with Crippen molar-refractivity contribution < 1.29 is 13.5 Å². The Morgan fingerprint density at radius 1 is 1.31 bits per heavy atom. The fraction of sp³-hybridized carbons (Fsp3) is 0.333. The van der Waals surface area contributed by atoms with E-state index in [0.717, 1.165) is 6.26 Å². The van der Waals surface area contributed by atoms with Gasteiger partial charge in [-0.15, -0.1) is 0 Å². The van der Waals surface area contributed by atoms with Crippen LogP contribution in [0.3, 0.4) is 0 Å². The maximum atomic E-state index is 11.5. The molecule has 1 rings (SSSR count). The highest BCUT2D eigenvalue weighted by molar-refractivity contribution is 9.27. The standard InChI is InChI=1S/C9H9Br2ClO3S/c1-16(14,15)9(10,11)8(13)6-2-4-7(12)5-3-6/h2-5,8,13H,1H3/t8-/m1/s1. The summed E-state index contributed by atoms with van der Waals surface area (Å²) < 4.78 is 21.3. The topological polar surface area (TPSA) is 54.4 Å². The summed E-state index contributed by atoms with van der Waals surface area (Å²) in [7, 11) is -3.51. The Bertz CT molecular complexity index is 470. The van der Waals surface area contributed by atoms with E-state index in [1.165, 1.54) is 0 Å². The summed E-state index contributed by atoms with van der Waals surface area (Å²) in [4.78, 5) is 0. The monoisotopic (exact) mass is 390 g/mol.